The fourth-order valence-electron chi connectivity index (χ4n) is 2.75. The minimum atomic E-state index is -2.89. The number of benzene rings is 2. The number of sulfone groups is 1. The van der Waals surface area contributed by atoms with Gasteiger partial charge in [0.15, 0.2) is 9.84 Å². The first-order valence-corrected chi connectivity index (χ1v) is 9.17. The molecule has 1 unspecified atom stereocenters. The molecular formula is C17H19NO3S. The number of rotatable bonds is 4. The number of hydrogen-bond acceptors (Lipinski definition) is 4. The Hall–Kier alpha value is -1.85. The lowest BCUT2D eigenvalue weighted by atomic mass is 10.0. The molecule has 0 bridgehead atoms. The van der Waals surface area contributed by atoms with Crippen LogP contribution < -0.4 is 5.32 Å². The van der Waals surface area contributed by atoms with Crippen molar-refractivity contribution in [2.75, 3.05) is 11.5 Å². The summed E-state index contributed by atoms with van der Waals surface area (Å²) in [5.74, 6) is 0.667. The maximum absolute atomic E-state index is 11.5. The smallest absolute Gasteiger partial charge is 0.151 e. The van der Waals surface area contributed by atoms with Crippen molar-refractivity contribution in [1.82, 2.24) is 5.32 Å². The molecule has 0 aliphatic carbocycles. The molecule has 2 N–H and O–H groups in total. The van der Waals surface area contributed by atoms with Crippen molar-refractivity contribution in [3.05, 3.63) is 54.1 Å². The maximum Gasteiger partial charge on any atom is 0.151 e. The summed E-state index contributed by atoms with van der Waals surface area (Å²) in [4.78, 5) is 0. The molecule has 1 saturated heterocycles. The monoisotopic (exact) mass is 317 g/mol. The molecule has 1 aliphatic heterocycles. The van der Waals surface area contributed by atoms with Gasteiger partial charge in [-0.3, -0.25) is 0 Å². The largest absolute Gasteiger partial charge is 0.508 e. The summed E-state index contributed by atoms with van der Waals surface area (Å²) < 4.78 is 22.9. The maximum atomic E-state index is 11.5. The third-order valence-corrected chi connectivity index (χ3v) is 5.77. The molecule has 0 saturated carbocycles. The fourth-order valence-corrected chi connectivity index (χ4v) is 4.46. The Balaban J connectivity index is 1.74. The van der Waals surface area contributed by atoms with Crippen LogP contribution in [0.2, 0.25) is 0 Å². The average Bonchev–Trinajstić information content (AvgIpc) is 2.86. The summed E-state index contributed by atoms with van der Waals surface area (Å²) in [6.07, 6.45) is 0.640. The van der Waals surface area contributed by atoms with Gasteiger partial charge in [0.1, 0.15) is 5.75 Å². The second kappa shape index (κ2) is 6.10. The quantitative estimate of drug-likeness (QED) is 0.908. The van der Waals surface area contributed by atoms with Gasteiger partial charge in [-0.25, -0.2) is 8.42 Å². The van der Waals surface area contributed by atoms with Crippen LogP contribution in [0.4, 0.5) is 0 Å². The van der Waals surface area contributed by atoms with Crippen molar-refractivity contribution >= 4 is 9.84 Å². The molecule has 116 valence electrons. The van der Waals surface area contributed by atoms with Crippen molar-refractivity contribution in [3.63, 3.8) is 0 Å². The highest BCUT2D eigenvalue weighted by atomic mass is 32.2. The zero-order chi connectivity index (χ0) is 15.6. The highest BCUT2D eigenvalue weighted by molar-refractivity contribution is 7.91. The fraction of sp³-hybridized carbons (Fsp3) is 0.294. The summed E-state index contributed by atoms with van der Waals surface area (Å²) >= 11 is 0. The Labute approximate surface area is 130 Å². The van der Waals surface area contributed by atoms with Gasteiger partial charge in [0.05, 0.1) is 11.5 Å². The van der Waals surface area contributed by atoms with E-state index in [0.717, 1.165) is 16.7 Å². The van der Waals surface area contributed by atoms with Crippen molar-refractivity contribution in [1.29, 1.82) is 0 Å². The van der Waals surface area contributed by atoms with Crippen LogP contribution in [0.15, 0.2) is 48.5 Å². The van der Waals surface area contributed by atoms with E-state index < -0.39 is 9.84 Å². The highest BCUT2D eigenvalue weighted by Crippen LogP contribution is 2.26. The molecule has 1 aliphatic rings. The van der Waals surface area contributed by atoms with Gasteiger partial charge in [-0.2, -0.15) is 0 Å². The van der Waals surface area contributed by atoms with Crippen LogP contribution in [0.25, 0.3) is 11.1 Å². The van der Waals surface area contributed by atoms with E-state index in [2.05, 4.69) is 5.32 Å². The topological polar surface area (TPSA) is 66.4 Å². The van der Waals surface area contributed by atoms with Crippen molar-refractivity contribution in [2.24, 2.45) is 0 Å². The number of aromatic hydroxyl groups is 1. The summed E-state index contributed by atoms with van der Waals surface area (Å²) in [7, 11) is -2.89. The average molecular weight is 317 g/mol. The first-order chi connectivity index (χ1) is 10.5. The molecule has 2 aromatic rings. The van der Waals surface area contributed by atoms with E-state index in [4.69, 9.17) is 0 Å². The van der Waals surface area contributed by atoms with Crippen LogP contribution >= 0.6 is 0 Å². The predicted octanol–water partition coefficient (Wildman–Crippen LogP) is 2.34. The number of phenols is 1. The van der Waals surface area contributed by atoms with Gasteiger partial charge < -0.3 is 10.4 Å². The summed E-state index contributed by atoms with van der Waals surface area (Å²) in [5, 5.41) is 13.2. The molecule has 2 aromatic carbocycles. The van der Waals surface area contributed by atoms with Crippen molar-refractivity contribution in [2.45, 2.75) is 19.0 Å². The first kappa shape index (κ1) is 15.1. The number of hydrogen-bond donors (Lipinski definition) is 2. The lowest BCUT2D eigenvalue weighted by molar-refractivity contribution is 0.459. The van der Waals surface area contributed by atoms with E-state index in [9.17, 15) is 13.5 Å². The van der Waals surface area contributed by atoms with E-state index in [1.54, 1.807) is 6.07 Å². The summed E-state index contributed by atoms with van der Waals surface area (Å²) in [6, 6.07) is 15.4. The molecule has 0 radical (unpaired) electrons. The summed E-state index contributed by atoms with van der Waals surface area (Å²) in [6.45, 7) is 0.465. The molecule has 5 heteroatoms. The number of nitrogens with one attached hydrogen (secondary N) is 1. The standard InChI is InChI=1S/C17H19NO3S/c19-17-7-6-14(13-4-2-1-3-5-13)10-15(17)11-18-16-8-9-22(20,21)12-16/h1-7,10,16,18-19H,8-9,11-12H2. The van der Waals surface area contributed by atoms with E-state index in [0.29, 0.717) is 13.0 Å². The molecular weight excluding hydrogens is 298 g/mol. The van der Waals surface area contributed by atoms with Gasteiger partial charge in [-0.15, -0.1) is 0 Å². The molecule has 1 heterocycles. The van der Waals surface area contributed by atoms with Crippen LogP contribution in [-0.4, -0.2) is 31.1 Å². The van der Waals surface area contributed by atoms with Gasteiger partial charge in [-0.05, 0) is 29.7 Å². The minimum Gasteiger partial charge on any atom is -0.508 e. The molecule has 0 aromatic heterocycles. The molecule has 1 fully saturated rings. The third-order valence-electron chi connectivity index (χ3n) is 4.00. The Morgan fingerprint density at radius 1 is 1.09 bits per heavy atom. The van der Waals surface area contributed by atoms with Crippen molar-refractivity contribution in [3.8, 4) is 16.9 Å². The van der Waals surface area contributed by atoms with Crippen LogP contribution in [0.1, 0.15) is 12.0 Å². The Morgan fingerprint density at radius 3 is 2.55 bits per heavy atom. The van der Waals surface area contributed by atoms with Crippen LogP contribution in [0, 0.1) is 0 Å². The predicted molar refractivity (Wildman–Crippen MR) is 87.4 cm³/mol. The molecule has 1 atom stereocenters. The highest BCUT2D eigenvalue weighted by Gasteiger charge is 2.27. The van der Waals surface area contributed by atoms with E-state index in [-0.39, 0.29) is 23.3 Å². The third kappa shape index (κ3) is 3.48. The van der Waals surface area contributed by atoms with E-state index >= 15 is 0 Å². The minimum absolute atomic E-state index is 0.0234. The van der Waals surface area contributed by atoms with Crippen molar-refractivity contribution < 1.29 is 13.5 Å². The Morgan fingerprint density at radius 2 is 1.86 bits per heavy atom. The molecule has 22 heavy (non-hydrogen) atoms. The second-order valence-electron chi connectivity index (χ2n) is 5.69. The lowest BCUT2D eigenvalue weighted by Gasteiger charge is -2.13. The molecule has 0 spiro atoms. The second-order valence-corrected chi connectivity index (χ2v) is 7.92. The summed E-state index contributed by atoms with van der Waals surface area (Å²) in [5.41, 5.74) is 2.91. The van der Waals surface area contributed by atoms with Gasteiger partial charge in [0.2, 0.25) is 0 Å². The van der Waals surface area contributed by atoms with Gasteiger partial charge in [0.25, 0.3) is 0 Å². The number of phenolic OH excluding ortho intramolecular Hbond substituents is 1. The van der Waals surface area contributed by atoms with E-state index in [1.807, 2.05) is 42.5 Å². The first-order valence-electron chi connectivity index (χ1n) is 7.35. The Bertz CT molecular complexity index is 757. The van der Waals surface area contributed by atoms with E-state index in [1.165, 1.54) is 0 Å². The molecule has 4 nitrogen and oxygen atoms in total. The SMILES string of the molecule is O=S1(=O)CCC(NCc2cc(-c3ccccc3)ccc2O)C1. The van der Waals surface area contributed by atoms with Crippen LogP contribution in [-0.2, 0) is 16.4 Å². The zero-order valence-electron chi connectivity index (χ0n) is 12.2. The van der Waals surface area contributed by atoms with Gasteiger partial charge in [0, 0.05) is 18.2 Å². The molecule has 3 rings (SSSR count). The molecule has 0 amide bonds. The lowest BCUT2D eigenvalue weighted by Crippen LogP contribution is -2.29. The Kier molecular flexibility index (Phi) is 4.18. The normalized spacial score (nSPS) is 20.1. The van der Waals surface area contributed by atoms with Gasteiger partial charge >= 0.3 is 0 Å². The van der Waals surface area contributed by atoms with Crippen LogP contribution in [0.3, 0.4) is 0 Å². The zero-order valence-corrected chi connectivity index (χ0v) is 13.0. The van der Waals surface area contributed by atoms with Gasteiger partial charge in [-0.1, -0.05) is 36.4 Å². The van der Waals surface area contributed by atoms with Crippen LogP contribution in [0.5, 0.6) is 5.75 Å².